The van der Waals surface area contributed by atoms with Gasteiger partial charge in [0, 0.05) is 45.0 Å². The zero-order valence-corrected chi connectivity index (χ0v) is 17.7. The van der Waals surface area contributed by atoms with Crippen molar-refractivity contribution in [3.8, 4) is 11.5 Å². The Kier molecular flexibility index (Phi) is 5.83. The Bertz CT molecular complexity index is 1000. The van der Waals surface area contributed by atoms with Crippen molar-refractivity contribution in [3.63, 3.8) is 0 Å². The van der Waals surface area contributed by atoms with Crippen LogP contribution >= 0.6 is 0 Å². The summed E-state index contributed by atoms with van der Waals surface area (Å²) in [5, 5.41) is 0. The molecule has 0 unspecified atom stereocenters. The molecular weight excluding hydrogens is 406 g/mol. The van der Waals surface area contributed by atoms with Crippen LogP contribution in [0.5, 0.6) is 11.5 Å². The van der Waals surface area contributed by atoms with Crippen LogP contribution in [0.15, 0.2) is 53.4 Å². The number of likely N-dealkylation sites (N-methyl/N-ethyl adjacent to an activating group) is 1. The molecule has 1 fully saturated rings. The Labute approximate surface area is 176 Å². The van der Waals surface area contributed by atoms with E-state index in [1.54, 1.807) is 11.0 Å². The summed E-state index contributed by atoms with van der Waals surface area (Å²) in [6.45, 7) is 3.16. The summed E-state index contributed by atoms with van der Waals surface area (Å²) in [5.74, 6) is 0.723. The van der Waals surface area contributed by atoms with E-state index >= 15 is 0 Å². The van der Waals surface area contributed by atoms with E-state index < -0.39 is 10.0 Å². The van der Waals surface area contributed by atoms with Crippen molar-refractivity contribution < 1.29 is 22.7 Å². The molecule has 30 heavy (non-hydrogen) atoms. The molecule has 0 atom stereocenters. The predicted molar refractivity (Wildman–Crippen MR) is 112 cm³/mol. The molecule has 0 bridgehead atoms. The fraction of sp³-hybridized carbons (Fsp3) is 0.381. The SMILES string of the molecule is CN(CC(=O)N1CCN(c2ccccc2)CC1)S(=O)(=O)c1ccc2c(c1)OCCO2. The van der Waals surface area contributed by atoms with Gasteiger partial charge in [-0.15, -0.1) is 0 Å². The summed E-state index contributed by atoms with van der Waals surface area (Å²) < 4.78 is 37.8. The second kappa shape index (κ2) is 8.53. The van der Waals surface area contributed by atoms with Gasteiger partial charge in [-0.05, 0) is 24.3 Å². The van der Waals surface area contributed by atoms with E-state index in [1.165, 1.54) is 19.2 Å². The first-order chi connectivity index (χ1) is 14.4. The number of hydrogen-bond acceptors (Lipinski definition) is 6. The largest absolute Gasteiger partial charge is 0.486 e. The molecule has 0 N–H and O–H groups in total. The van der Waals surface area contributed by atoms with E-state index in [2.05, 4.69) is 4.90 Å². The third-order valence-corrected chi connectivity index (χ3v) is 7.13. The summed E-state index contributed by atoms with van der Waals surface area (Å²) in [4.78, 5) is 16.7. The second-order valence-corrected chi connectivity index (χ2v) is 9.31. The first-order valence-corrected chi connectivity index (χ1v) is 11.3. The molecule has 0 aromatic heterocycles. The third kappa shape index (κ3) is 4.22. The number of carbonyl (C=O) groups excluding carboxylic acids is 1. The minimum absolute atomic E-state index is 0.0796. The molecular formula is C21H25N3O5S. The molecule has 1 saturated heterocycles. The lowest BCUT2D eigenvalue weighted by Crippen LogP contribution is -2.51. The highest BCUT2D eigenvalue weighted by Crippen LogP contribution is 2.33. The number of rotatable bonds is 5. The lowest BCUT2D eigenvalue weighted by Gasteiger charge is -2.36. The Hall–Kier alpha value is -2.78. The number of piperazine rings is 1. The topological polar surface area (TPSA) is 79.4 Å². The summed E-state index contributed by atoms with van der Waals surface area (Å²) in [6.07, 6.45) is 0. The number of carbonyl (C=O) groups is 1. The molecule has 2 aromatic carbocycles. The van der Waals surface area contributed by atoms with E-state index in [0.29, 0.717) is 50.9 Å². The average molecular weight is 432 g/mol. The van der Waals surface area contributed by atoms with Crippen LogP contribution in [0, 0.1) is 0 Å². The van der Waals surface area contributed by atoms with Gasteiger partial charge < -0.3 is 19.3 Å². The van der Waals surface area contributed by atoms with Gasteiger partial charge >= 0.3 is 0 Å². The smallest absolute Gasteiger partial charge is 0.243 e. The Morgan fingerprint density at radius 3 is 2.33 bits per heavy atom. The van der Waals surface area contributed by atoms with Gasteiger partial charge in [-0.25, -0.2) is 8.42 Å². The quantitative estimate of drug-likeness (QED) is 0.713. The summed E-state index contributed by atoms with van der Waals surface area (Å²) in [6, 6.07) is 14.6. The van der Waals surface area contributed by atoms with E-state index in [9.17, 15) is 13.2 Å². The van der Waals surface area contributed by atoms with Crippen LogP contribution in [-0.4, -0.2) is 76.5 Å². The van der Waals surface area contributed by atoms with Gasteiger partial charge in [0.15, 0.2) is 11.5 Å². The molecule has 2 aliphatic heterocycles. The zero-order chi connectivity index (χ0) is 21.1. The van der Waals surface area contributed by atoms with Crippen molar-refractivity contribution in [2.45, 2.75) is 4.90 Å². The highest BCUT2D eigenvalue weighted by molar-refractivity contribution is 7.89. The third-order valence-electron chi connectivity index (χ3n) is 5.33. The maximum Gasteiger partial charge on any atom is 0.243 e. The van der Waals surface area contributed by atoms with Crippen LogP contribution in [0.2, 0.25) is 0 Å². The number of ether oxygens (including phenoxy) is 2. The lowest BCUT2D eigenvalue weighted by atomic mass is 10.2. The monoisotopic (exact) mass is 431 g/mol. The second-order valence-electron chi connectivity index (χ2n) is 7.27. The molecule has 2 heterocycles. The van der Waals surface area contributed by atoms with Crippen molar-refractivity contribution in [2.24, 2.45) is 0 Å². The van der Waals surface area contributed by atoms with Gasteiger partial charge in [-0.2, -0.15) is 4.31 Å². The van der Waals surface area contributed by atoms with Crippen molar-refractivity contribution >= 4 is 21.6 Å². The van der Waals surface area contributed by atoms with Crippen LogP contribution in [0.4, 0.5) is 5.69 Å². The average Bonchev–Trinajstić information content (AvgIpc) is 2.79. The van der Waals surface area contributed by atoms with E-state index in [0.717, 1.165) is 9.99 Å². The van der Waals surface area contributed by atoms with E-state index in [1.807, 2.05) is 30.3 Å². The fourth-order valence-electron chi connectivity index (χ4n) is 3.59. The molecule has 9 heteroatoms. The van der Waals surface area contributed by atoms with Gasteiger partial charge in [-0.3, -0.25) is 4.79 Å². The number of sulfonamides is 1. The molecule has 0 saturated carbocycles. The van der Waals surface area contributed by atoms with Gasteiger partial charge in [0.05, 0.1) is 11.4 Å². The van der Waals surface area contributed by atoms with Gasteiger partial charge in [0.25, 0.3) is 0 Å². The number of hydrogen-bond donors (Lipinski definition) is 0. The molecule has 2 aromatic rings. The minimum Gasteiger partial charge on any atom is -0.486 e. The molecule has 0 aliphatic carbocycles. The summed E-state index contributed by atoms with van der Waals surface area (Å²) >= 11 is 0. The lowest BCUT2D eigenvalue weighted by molar-refractivity contribution is -0.131. The van der Waals surface area contributed by atoms with Crippen LogP contribution in [0.1, 0.15) is 0 Å². The predicted octanol–water partition coefficient (Wildman–Crippen LogP) is 1.43. The first-order valence-electron chi connectivity index (χ1n) is 9.89. The number of benzene rings is 2. The fourth-order valence-corrected chi connectivity index (χ4v) is 4.73. The molecule has 0 radical (unpaired) electrons. The highest BCUT2D eigenvalue weighted by Gasteiger charge is 2.28. The van der Waals surface area contributed by atoms with Gasteiger partial charge in [0.1, 0.15) is 13.2 Å². The zero-order valence-electron chi connectivity index (χ0n) is 16.9. The molecule has 4 rings (SSSR count). The Balaban J connectivity index is 1.37. The first kappa shape index (κ1) is 20.5. The van der Waals surface area contributed by atoms with Crippen LogP contribution < -0.4 is 14.4 Å². The van der Waals surface area contributed by atoms with Gasteiger partial charge in [0.2, 0.25) is 15.9 Å². The van der Waals surface area contributed by atoms with Crippen molar-refractivity contribution in [1.29, 1.82) is 0 Å². The van der Waals surface area contributed by atoms with Crippen LogP contribution in [0.25, 0.3) is 0 Å². The van der Waals surface area contributed by atoms with Crippen molar-refractivity contribution in [3.05, 3.63) is 48.5 Å². The standard InChI is InChI=1S/C21H25N3O5S/c1-22(30(26,27)18-7-8-19-20(15-18)29-14-13-28-19)16-21(25)24-11-9-23(10-12-24)17-5-3-2-4-6-17/h2-8,15H,9-14,16H2,1H3. The van der Waals surface area contributed by atoms with E-state index in [4.69, 9.17) is 9.47 Å². The number of fused-ring (bicyclic) bond motifs is 1. The molecule has 0 spiro atoms. The highest BCUT2D eigenvalue weighted by atomic mass is 32.2. The van der Waals surface area contributed by atoms with Crippen molar-refractivity contribution in [2.75, 3.05) is 57.9 Å². The number of para-hydroxylation sites is 1. The van der Waals surface area contributed by atoms with Crippen molar-refractivity contribution in [1.82, 2.24) is 9.21 Å². The summed E-state index contributed by atoms with van der Waals surface area (Å²) in [7, 11) is -2.40. The Morgan fingerprint density at radius 1 is 0.967 bits per heavy atom. The van der Waals surface area contributed by atoms with Crippen LogP contribution in [-0.2, 0) is 14.8 Å². The number of anilines is 1. The number of amides is 1. The normalized spacial score (nSPS) is 16.6. The molecule has 8 nitrogen and oxygen atoms in total. The van der Waals surface area contributed by atoms with E-state index in [-0.39, 0.29) is 17.3 Å². The van der Waals surface area contributed by atoms with Crippen LogP contribution in [0.3, 0.4) is 0 Å². The number of nitrogens with zero attached hydrogens (tertiary/aromatic N) is 3. The maximum atomic E-state index is 12.9. The molecule has 160 valence electrons. The summed E-state index contributed by atoms with van der Waals surface area (Å²) in [5.41, 5.74) is 1.13. The molecule has 1 amide bonds. The van der Waals surface area contributed by atoms with Gasteiger partial charge in [-0.1, -0.05) is 18.2 Å². The Morgan fingerprint density at radius 2 is 1.63 bits per heavy atom. The maximum absolute atomic E-state index is 12.9. The minimum atomic E-state index is -3.82. The molecule has 2 aliphatic rings.